The highest BCUT2D eigenvalue weighted by Gasteiger charge is 2.37. The third-order valence-electron chi connectivity index (χ3n) is 6.88. The first-order valence-electron chi connectivity index (χ1n) is 12.7. The van der Waals surface area contributed by atoms with Crippen molar-refractivity contribution >= 4 is 42.6 Å². The largest absolute Gasteiger partial charge is 0.494 e. The normalized spacial score (nSPS) is 19.2. The summed E-state index contributed by atoms with van der Waals surface area (Å²) < 4.78 is 67.2. The Kier molecular flexibility index (Phi) is 7.94. The highest BCUT2D eigenvalue weighted by molar-refractivity contribution is 7.89. The summed E-state index contributed by atoms with van der Waals surface area (Å²) in [5.41, 5.74) is 0.761. The van der Waals surface area contributed by atoms with Crippen molar-refractivity contribution < 1.29 is 31.5 Å². The van der Waals surface area contributed by atoms with Crippen LogP contribution in [0.1, 0.15) is 32.6 Å². The molecular weight excluding hydrogens is 536 g/mol. The molecule has 1 aromatic heterocycles. The lowest BCUT2D eigenvalue weighted by Gasteiger charge is -2.33. The molecule has 1 amide bonds. The maximum atomic E-state index is 14.2. The molecule has 0 aliphatic carbocycles. The summed E-state index contributed by atoms with van der Waals surface area (Å²) in [5, 5.41) is 0.561. The van der Waals surface area contributed by atoms with Crippen LogP contribution < -0.4 is 9.64 Å². The molecule has 2 aromatic carbocycles. The number of piperidine rings is 1. The van der Waals surface area contributed by atoms with Crippen LogP contribution in [0.2, 0.25) is 0 Å². The number of carbonyl (C=O) groups is 1. The quantitative estimate of drug-likeness (QED) is 0.397. The summed E-state index contributed by atoms with van der Waals surface area (Å²) >= 11 is 1.40. The van der Waals surface area contributed by atoms with Crippen LogP contribution in [0.5, 0.6) is 5.75 Å². The third kappa shape index (κ3) is 5.54. The zero-order valence-corrected chi connectivity index (χ0v) is 22.6. The van der Waals surface area contributed by atoms with Crippen molar-refractivity contribution in [1.82, 2.24) is 9.29 Å². The van der Waals surface area contributed by atoms with Gasteiger partial charge in [-0.3, -0.25) is 9.69 Å². The summed E-state index contributed by atoms with van der Waals surface area (Å²) in [5.74, 6) is -1.68. The number of benzene rings is 2. The van der Waals surface area contributed by atoms with Crippen molar-refractivity contribution in [3.05, 3.63) is 48.0 Å². The predicted molar refractivity (Wildman–Crippen MR) is 140 cm³/mol. The maximum Gasteiger partial charge on any atom is 0.246 e. The highest BCUT2D eigenvalue weighted by Crippen LogP contribution is 2.35. The first-order valence-corrected chi connectivity index (χ1v) is 14.9. The number of aromatic nitrogens is 1. The van der Waals surface area contributed by atoms with Crippen LogP contribution >= 0.6 is 11.3 Å². The molecule has 1 atom stereocenters. The van der Waals surface area contributed by atoms with Crippen LogP contribution in [-0.4, -0.2) is 62.6 Å². The second-order valence-corrected chi connectivity index (χ2v) is 12.3. The summed E-state index contributed by atoms with van der Waals surface area (Å²) in [4.78, 5) is 19.5. The van der Waals surface area contributed by atoms with E-state index in [1.807, 2.05) is 25.1 Å². The Labute approximate surface area is 224 Å². The molecule has 12 heteroatoms. The Morgan fingerprint density at radius 2 is 1.97 bits per heavy atom. The molecule has 2 fully saturated rings. The van der Waals surface area contributed by atoms with E-state index in [0.29, 0.717) is 31.0 Å². The molecular formula is C26H29F2N3O5S2. The first kappa shape index (κ1) is 26.9. The zero-order valence-electron chi connectivity index (χ0n) is 20.9. The Balaban J connectivity index is 1.35. The Hall–Kier alpha value is -2.67. The van der Waals surface area contributed by atoms with Crippen LogP contribution in [0.25, 0.3) is 10.2 Å². The molecule has 5 rings (SSSR count). The number of halogens is 2. The van der Waals surface area contributed by atoms with Crippen molar-refractivity contribution in [2.75, 3.05) is 37.7 Å². The fourth-order valence-corrected chi connectivity index (χ4v) is 7.45. The Bertz CT molecular complexity index is 1420. The second kappa shape index (κ2) is 11.2. The van der Waals surface area contributed by atoms with Crippen molar-refractivity contribution in [2.45, 2.75) is 43.6 Å². The minimum absolute atomic E-state index is 0.0278. The molecule has 0 radical (unpaired) electrons. The van der Waals surface area contributed by atoms with Crippen LogP contribution in [0, 0.1) is 17.6 Å². The summed E-state index contributed by atoms with van der Waals surface area (Å²) in [7, 11) is -4.23. The fourth-order valence-electron chi connectivity index (χ4n) is 4.90. The van der Waals surface area contributed by atoms with Gasteiger partial charge in [-0.25, -0.2) is 22.2 Å². The number of thiazole rings is 1. The molecule has 3 aromatic rings. The molecule has 0 N–H and O–H groups in total. The average Bonchev–Trinajstić information content (AvgIpc) is 3.58. The number of hydrogen-bond donors (Lipinski definition) is 0. The molecule has 2 aliphatic rings. The highest BCUT2D eigenvalue weighted by atomic mass is 32.2. The average molecular weight is 566 g/mol. The number of hydrogen-bond acceptors (Lipinski definition) is 7. The van der Waals surface area contributed by atoms with E-state index >= 15 is 0 Å². The van der Waals surface area contributed by atoms with E-state index in [2.05, 4.69) is 0 Å². The molecule has 0 spiro atoms. The Morgan fingerprint density at radius 1 is 1.18 bits per heavy atom. The van der Waals surface area contributed by atoms with E-state index in [-0.39, 0.29) is 37.9 Å². The molecule has 3 heterocycles. The molecule has 0 saturated carbocycles. The van der Waals surface area contributed by atoms with Crippen molar-refractivity contribution in [2.24, 2.45) is 5.92 Å². The van der Waals surface area contributed by atoms with E-state index in [9.17, 15) is 22.0 Å². The monoisotopic (exact) mass is 565 g/mol. The summed E-state index contributed by atoms with van der Waals surface area (Å²) in [6.07, 6.45) is 2.20. The van der Waals surface area contributed by atoms with E-state index in [4.69, 9.17) is 14.5 Å². The van der Waals surface area contributed by atoms with Crippen molar-refractivity contribution in [3.63, 3.8) is 0 Å². The lowest BCUT2D eigenvalue weighted by Crippen LogP contribution is -2.46. The summed E-state index contributed by atoms with van der Waals surface area (Å²) in [6.45, 7) is 3.53. The van der Waals surface area contributed by atoms with Crippen LogP contribution in [0.3, 0.4) is 0 Å². The van der Waals surface area contributed by atoms with Gasteiger partial charge < -0.3 is 9.47 Å². The second-order valence-electron chi connectivity index (χ2n) is 9.40. The van der Waals surface area contributed by atoms with Gasteiger partial charge in [-0.05, 0) is 69.0 Å². The number of fused-ring (bicyclic) bond motifs is 1. The third-order valence-corrected chi connectivity index (χ3v) is 9.84. The van der Waals surface area contributed by atoms with Gasteiger partial charge in [0.05, 0.1) is 29.5 Å². The molecule has 0 bridgehead atoms. The number of carbonyl (C=O) groups excluding carboxylic acids is 1. The zero-order chi connectivity index (χ0) is 26.9. The predicted octanol–water partition coefficient (Wildman–Crippen LogP) is 4.59. The van der Waals surface area contributed by atoms with Gasteiger partial charge in [0.15, 0.2) is 5.13 Å². The molecule has 8 nitrogen and oxygen atoms in total. The van der Waals surface area contributed by atoms with Gasteiger partial charge in [0.2, 0.25) is 15.9 Å². The summed E-state index contributed by atoms with van der Waals surface area (Å²) in [6, 6.07) is 7.99. The maximum absolute atomic E-state index is 14.2. The minimum Gasteiger partial charge on any atom is -0.494 e. The van der Waals surface area contributed by atoms with Crippen molar-refractivity contribution in [3.8, 4) is 5.75 Å². The van der Waals surface area contributed by atoms with Crippen LogP contribution in [-0.2, 0) is 19.6 Å². The van der Waals surface area contributed by atoms with E-state index < -0.39 is 32.5 Å². The SMILES string of the molecule is CCOc1ccc2nc(N(CC3CCCO3)C(=O)C3CCN(S(=O)(=O)c4cc(F)ccc4F)CC3)sc2c1. The lowest BCUT2D eigenvalue weighted by molar-refractivity contribution is -0.123. The van der Waals surface area contributed by atoms with E-state index in [1.54, 1.807) is 4.90 Å². The topological polar surface area (TPSA) is 89.0 Å². The first-order chi connectivity index (χ1) is 18.3. The molecule has 1 unspecified atom stereocenters. The number of nitrogens with zero attached hydrogens (tertiary/aromatic N) is 3. The van der Waals surface area contributed by atoms with Gasteiger partial charge in [-0.15, -0.1) is 0 Å². The number of amides is 1. The van der Waals surface area contributed by atoms with E-state index in [0.717, 1.165) is 45.2 Å². The van der Waals surface area contributed by atoms with Crippen LogP contribution in [0.4, 0.5) is 13.9 Å². The number of rotatable bonds is 8. The van der Waals surface area contributed by atoms with Crippen molar-refractivity contribution in [1.29, 1.82) is 0 Å². The molecule has 2 saturated heterocycles. The van der Waals surface area contributed by atoms with Gasteiger partial charge >= 0.3 is 0 Å². The minimum atomic E-state index is -4.23. The lowest BCUT2D eigenvalue weighted by atomic mass is 9.96. The molecule has 38 heavy (non-hydrogen) atoms. The number of anilines is 1. The van der Waals surface area contributed by atoms with Gasteiger partial charge in [0, 0.05) is 25.6 Å². The number of sulfonamides is 1. The Morgan fingerprint density at radius 3 is 2.68 bits per heavy atom. The smallest absolute Gasteiger partial charge is 0.246 e. The molecule has 2 aliphatic heterocycles. The van der Waals surface area contributed by atoms with Gasteiger partial charge in [0.25, 0.3) is 0 Å². The fraction of sp³-hybridized carbons (Fsp3) is 0.462. The van der Waals surface area contributed by atoms with Gasteiger partial charge in [0.1, 0.15) is 22.3 Å². The van der Waals surface area contributed by atoms with Gasteiger partial charge in [-0.1, -0.05) is 11.3 Å². The number of ether oxygens (including phenoxy) is 2. The standard InChI is InChI=1S/C26H29F2N3O5S2/c1-2-35-19-6-8-22-23(15-19)37-26(29-22)31(16-20-4-3-13-36-20)25(32)17-9-11-30(12-10-17)38(33,34)24-14-18(27)5-7-21(24)28/h5-8,14-15,17,20H,2-4,9-13,16H2,1H3. The van der Waals surface area contributed by atoms with E-state index in [1.165, 1.54) is 11.3 Å². The molecule has 204 valence electrons. The van der Waals surface area contributed by atoms with Crippen LogP contribution in [0.15, 0.2) is 41.3 Å². The van der Waals surface area contributed by atoms with Gasteiger partial charge in [-0.2, -0.15) is 4.31 Å².